The van der Waals surface area contributed by atoms with Crippen molar-refractivity contribution < 1.29 is 0 Å². The fourth-order valence-electron chi connectivity index (χ4n) is 5.65. The first-order valence-electron chi connectivity index (χ1n) is 17.3. The van der Waals surface area contributed by atoms with Gasteiger partial charge in [0.25, 0.3) is 0 Å². The Morgan fingerprint density at radius 2 is 1.12 bits per heavy atom. The molecular weight excluding hydrogens is 756 g/mol. The van der Waals surface area contributed by atoms with E-state index in [4.69, 9.17) is 39.3 Å². The molecule has 8 aromatic rings. The normalized spacial score (nSPS) is 10.5. The molecule has 0 atom stereocenters. The Morgan fingerprint density at radius 1 is 0.621 bits per heavy atom. The van der Waals surface area contributed by atoms with Crippen LogP contribution in [0.2, 0.25) is 5.28 Å². The standard InChI is InChI=1S/C19H17N9.C14H15N5.C5H3ClN4.CH4/c1-11(2)28-10-14(13-3-5-22-9-16(13)28)15-4-6-23-18(25-15)27-19-24-8-12(7-20)17(21)26-19;1-9(2)19-8-11(10-3-5-16-7-13(10)19)12-4-6-17-14(15)18-12;6-5-9-2-3(1-7)4(8)10-5;/h3-6,8-11H,1-2H3,(H3,21,23,24,25,26,27);3-9H,1-2H3,(H2,15,17,18);2H,(H2,8,9,10);1H4. The molecule has 0 radical (unpaired) electrons. The summed E-state index contributed by atoms with van der Waals surface area (Å²) in [5.41, 5.74) is 22.9. The molecule has 8 aromatic heterocycles. The molecule has 18 nitrogen and oxygen atoms in total. The van der Waals surface area contributed by atoms with Crippen LogP contribution in [-0.2, 0) is 0 Å². The van der Waals surface area contributed by atoms with Crippen LogP contribution in [0.1, 0.15) is 58.3 Å². The first-order valence-corrected chi connectivity index (χ1v) is 17.6. The minimum absolute atomic E-state index is 0. The lowest BCUT2D eigenvalue weighted by Crippen LogP contribution is -2.04. The van der Waals surface area contributed by atoms with Crippen molar-refractivity contribution in [1.82, 2.24) is 59.0 Å². The van der Waals surface area contributed by atoms with Crippen molar-refractivity contribution in [2.24, 2.45) is 0 Å². The number of aromatic nitrogens is 12. The van der Waals surface area contributed by atoms with Gasteiger partial charge in [0.1, 0.15) is 34.9 Å². The van der Waals surface area contributed by atoms with Gasteiger partial charge >= 0.3 is 0 Å². The molecule has 0 aliphatic rings. The van der Waals surface area contributed by atoms with Crippen LogP contribution in [0.3, 0.4) is 0 Å². The van der Waals surface area contributed by atoms with Crippen molar-refractivity contribution >= 4 is 62.9 Å². The van der Waals surface area contributed by atoms with E-state index in [-0.39, 0.29) is 53.4 Å². The Hall–Kier alpha value is -7.83. The van der Waals surface area contributed by atoms with Crippen LogP contribution in [0.15, 0.2) is 86.2 Å². The van der Waals surface area contributed by atoms with Gasteiger partial charge < -0.3 is 26.3 Å². The second kappa shape index (κ2) is 18.2. The van der Waals surface area contributed by atoms with Gasteiger partial charge in [0.05, 0.1) is 47.2 Å². The smallest absolute Gasteiger partial charge is 0.231 e. The van der Waals surface area contributed by atoms with Gasteiger partial charge in [0.2, 0.25) is 23.1 Å². The predicted octanol–water partition coefficient (Wildman–Crippen LogP) is 6.94. The summed E-state index contributed by atoms with van der Waals surface area (Å²) in [5, 5.41) is 22.5. The average molecular weight is 795 g/mol. The number of nitrogens with two attached hydrogens (primary N) is 3. The summed E-state index contributed by atoms with van der Waals surface area (Å²) >= 11 is 5.36. The fraction of sp³-hybridized carbons (Fsp3) is 0.179. The zero-order chi connectivity index (χ0) is 40.6. The van der Waals surface area contributed by atoms with E-state index in [0.717, 1.165) is 44.3 Å². The molecule has 7 N–H and O–H groups in total. The summed E-state index contributed by atoms with van der Waals surface area (Å²) in [6.45, 7) is 8.53. The van der Waals surface area contributed by atoms with Crippen LogP contribution in [-0.4, -0.2) is 59.0 Å². The van der Waals surface area contributed by atoms with Crippen molar-refractivity contribution in [2.75, 3.05) is 22.5 Å². The Bertz CT molecular complexity index is 2780. The summed E-state index contributed by atoms with van der Waals surface area (Å²) in [7, 11) is 0. The molecular formula is C39H39ClN18. The Balaban J connectivity index is 0.000000184. The monoisotopic (exact) mass is 794 g/mol. The second-order valence-electron chi connectivity index (χ2n) is 12.7. The molecule has 58 heavy (non-hydrogen) atoms. The van der Waals surface area contributed by atoms with E-state index in [1.54, 1.807) is 24.8 Å². The highest BCUT2D eigenvalue weighted by Gasteiger charge is 2.15. The van der Waals surface area contributed by atoms with E-state index in [1.165, 1.54) is 12.4 Å². The molecule has 292 valence electrons. The van der Waals surface area contributed by atoms with Crippen LogP contribution < -0.4 is 22.5 Å². The van der Waals surface area contributed by atoms with Crippen molar-refractivity contribution in [3.05, 3.63) is 103 Å². The van der Waals surface area contributed by atoms with E-state index < -0.39 is 0 Å². The zero-order valence-electron chi connectivity index (χ0n) is 31.1. The van der Waals surface area contributed by atoms with Crippen molar-refractivity contribution in [2.45, 2.75) is 47.2 Å². The van der Waals surface area contributed by atoms with Gasteiger partial charge in [-0.15, -0.1) is 0 Å². The number of hydrogen-bond acceptors (Lipinski definition) is 16. The molecule has 0 saturated carbocycles. The predicted molar refractivity (Wildman–Crippen MR) is 224 cm³/mol. The first kappa shape index (κ1) is 41.3. The van der Waals surface area contributed by atoms with Crippen molar-refractivity contribution in [3.8, 4) is 34.7 Å². The molecule has 0 fully saturated rings. The maximum absolute atomic E-state index is 8.93. The summed E-state index contributed by atoms with van der Waals surface area (Å²) in [4.78, 5) is 40.7. The van der Waals surface area contributed by atoms with Gasteiger partial charge in [-0.1, -0.05) is 7.43 Å². The molecule has 8 rings (SSSR count). The second-order valence-corrected chi connectivity index (χ2v) is 13.1. The van der Waals surface area contributed by atoms with Crippen LogP contribution in [0.25, 0.3) is 44.3 Å². The quantitative estimate of drug-likeness (QED) is 0.124. The molecule has 0 aliphatic heterocycles. The topological polar surface area (TPSA) is 276 Å². The zero-order valence-corrected chi connectivity index (χ0v) is 31.9. The lowest BCUT2D eigenvalue weighted by Gasteiger charge is -2.08. The molecule has 0 aliphatic carbocycles. The number of nitriles is 2. The highest BCUT2D eigenvalue weighted by atomic mass is 35.5. The number of anilines is 5. The lowest BCUT2D eigenvalue weighted by atomic mass is 10.1. The molecule has 0 amide bonds. The van der Waals surface area contributed by atoms with Gasteiger partial charge in [-0.25, -0.2) is 29.9 Å². The minimum Gasteiger partial charge on any atom is -0.382 e. The third-order valence-electron chi connectivity index (χ3n) is 8.34. The minimum atomic E-state index is 0. The molecule has 19 heteroatoms. The highest BCUT2D eigenvalue weighted by Crippen LogP contribution is 2.32. The van der Waals surface area contributed by atoms with E-state index in [0.29, 0.717) is 12.0 Å². The summed E-state index contributed by atoms with van der Waals surface area (Å²) in [6, 6.07) is 12.1. The van der Waals surface area contributed by atoms with Crippen LogP contribution >= 0.6 is 11.6 Å². The van der Waals surface area contributed by atoms with E-state index >= 15 is 0 Å². The van der Waals surface area contributed by atoms with Gasteiger partial charge in [0.15, 0.2) is 0 Å². The van der Waals surface area contributed by atoms with Crippen LogP contribution in [0.4, 0.5) is 29.5 Å². The number of nitrogens with one attached hydrogen (secondary N) is 1. The summed E-state index contributed by atoms with van der Waals surface area (Å²) in [6.07, 6.45) is 17.4. The third-order valence-corrected chi connectivity index (χ3v) is 8.52. The van der Waals surface area contributed by atoms with E-state index in [1.807, 2.05) is 48.8 Å². The first-order chi connectivity index (χ1) is 27.5. The SMILES string of the molecule is C.CC(C)n1cc(-c2ccnc(N)n2)c2ccncc21.CC(C)n1cc(-c2ccnc(Nc3ncc(C#N)c(N)n3)n2)c2ccncc21.N#Cc1cnc(Cl)nc1N. The van der Waals surface area contributed by atoms with Gasteiger partial charge in [0, 0.05) is 71.2 Å². The molecule has 0 aromatic carbocycles. The highest BCUT2D eigenvalue weighted by molar-refractivity contribution is 6.28. The van der Waals surface area contributed by atoms with E-state index in [9.17, 15) is 0 Å². The molecule has 0 saturated heterocycles. The number of halogens is 1. The van der Waals surface area contributed by atoms with Crippen molar-refractivity contribution in [3.63, 3.8) is 0 Å². The fourth-order valence-corrected chi connectivity index (χ4v) is 5.79. The third kappa shape index (κ3) is 9.16. The Labute approximate surface area is 338 Å². The maximum atomic E-state index is 8.93. The lowest BCUT2D eigenvalue weighted by molar-refractivity contribution is 0.622. The maximum Gasteiger partial charge on any atom is 0.231 e. The summed E-state index contributed by atoms with van der Waals surface area (Å²) < 4.78 is 4.35. The van der Waals surface area contributed by atoms with Crippen molar-refractivity contribution in [1.29, 1.82) is 10.5 Å². The summed E-state index contributed by atoms with van der Waals surface area (Å²) in [5.74, 6) is 1.06. The Kier molecular flexibility index (Phi) is 13.0. The van der Waals surface area contributed by atoms with Gasteiger partial charge in [-0.2, -0.15) is 20.5 Å². The van der Waals surface area contributed by atoms with Crippen LogP contribution in [0, 0.1) is 22.7 Å². The number of nitrogen functional groups attached to an aromatic ring is 3. The van der Waals surface area contributed by atoms with Crippen LogP contribution in [0.5, 0.6) is 0 Å². The molecule has 0 spiro atoms. The molecule has 0 bridgehead atoms. The van der Waals surface area contributed by atoms with E-state index in [2.05, 4.69) is 104 Å². The molecule has 0 unspecified atom stereocenters. The number of fused-ring (bicyclic) bond motifs is 2. The van der Waals surface area contributed by atoms with Gasteiger partial charge in [-0.05, 0) is 63.6 Å². The number of hydrogen-bond donors (Lipinski definition) is 4. The molecule has 8 heterocycles. The number of pyridine rings is 2. The number of rotatable bonds is 6. The number of nitrogens with zero attached hydrogens (tertiary/aromatic N) is 14. The largest absolute Gasteiger partial charge is 0.382 e. The average Bonchev–Trinajstić information content (AvgIpc) is 3.79. The van der Waals surface area contributed by atoms with Gasteiger partial charge in [-0.3, -0.25) is 15.3 Å². The Morgan fingerprint density at radius 3 is 1.62 bits per heavy atom.